The molecule has 0 rings (SSSR count). The van der Waals surface area contributed by atoms with Crippen LogP contribution in [0, 0.1) is 0 Å². The molecule has 0 saturated heterocycles. The Labute approximate surface area is 173 Å². The molecule has 0 aromatic carbocycles. The van der Waals surface area contributed by atoms with Gasteiger partial charge in [-0.1, -0.05) is 136 Å². The van der Waals surface area contributed by atoms with Crippen molar-refractivity contribution >= 4 is 0 Å². The van der Waals surface area contributed by atoms with Crippen LogP contribution in [0.25, 0.3) is 0 Å². The maximum Gasteiger partial charge on any atom is 0.0178 e. The van der Waals surface area contributed by atoms with Crippen molar-refractivity contribution in [1.82, 2.24) is 5.32 Å². The van der Waals surface area contributed by atoms with Crippen molar-refractivity contribution < 1.29 is 0 Å². The molecular formula is C26H55N. The molecule has 0 fully saturated rings. The summed E-state index contributed by atoms with van der Waals surface area (Å²) in [5.41, 5.74) is 0.431. The van der Waals surface area contributed by atoms with Crippen molar-refractivity contribution in [3.8, 4) is 0 Å². The van der Waals surface area contributed by atoms with E-state index in [1.165, 1.54) is 135 Å². The Balaban J connectivity index is 4.23. The summed E-state index contributed by atoms with van der Waals surface area (Å²) in [5, 5.41) is 3.82. The van der Waals surface area contributed by atoms with E-state index in [4.69, 9.17) is 0 Å². The molecule has 0 bridgehead atoms. The van der Waals surface area contributed by atoms with Gasteiger partial charge in [0.05, 0.1) is 0 Å². The zero-order valence-corrected chi connectivity index (χ0v) is 19.8. The van der Waals surface area contributed by atoms with E-state index in [0.717, 1.165) is 0 Å². The van der Waals surface area contributed by atoms with Gasteiger partial charge in [0.1, 0.15) is 0 Å². The van der Waals surface area contributed by atoms with Crippen LogP contribution in [0.4, 0.5) is 0 Å². The van der Waals surface area contributed by atoms with Crippen LogP contribution in [-0.4, -0.2) is 12.6 Å². The Morgan fingerprint density at radius 2 is 0.667 bits per heavy atom. The summed E-state index contributed by atoms with van der Waals surface area (Å²) < 4.78 is 0. The molecule has 0 aromatic rings. The summed E-state index contributed by atoms with van der Waals surface area (Å²) in [6, 6.07) is 0. The van der Waals surface area contributed by atoms with E-state index in [1.807, 2.05) is 0 Å². The zero-order chi connectivity index (χ0) is 20.1. The Morgan fingerprint density at radius 3 is 0.926 bits per heavy atom. The first-order chi connectivity index (χ1) is 13.2. The van der Waals surface area contributed by atoms with Crippen molar-refractivity contribution in [2.24, 2.45) is 0 Å². The third-order valence-electron chi connectivity index (χ3n) is 6.56. The summed E-state index contributed by atoms with van der Waals surface area (Å²) in [7, 11) is 2.24. The lowest BCUT2D eigenvalue weighted by molar-refractivity contribution is 0.252. The number of unbranched alkanes of at least 4 members (excludes halogenated alkanes) is 15. The first kappa shape index (κ1) is 27.0. The van der Waals surface area contributed by atoms with E-state index in [2.05, 4.69) is 33.1 Å². The van der Waals surface area contributed by atoms with Crippen molar-refractivity contribution in [2.45, 2.75) is 161 Å². The number of hydrogen-bond donors (Lipinski definition) is 1. The highest BCUT2D eigenvalue weighted by atomic mass is 14.9. The first-order valence-corrected chi connectivity index (χ1v) is 12.9. The fourth-order valence-electron chi connectivity index (χ4n) is 4.48. The number of nitrogens with one attached hydrogen (secondary N) is 1. The van der Waals surface area contributed by atoms with Crippen molar-refractivity contribution in [3.05, 3.63) is 0 Å². The fraction of sp³-hybridized carbons (Fsp3) is 1.00. The van der Waals surface area contributed by atoms with Crippen LogP contribution >= 0.6 is 0 Å². The monoisotopic (exact) mass is 381 g/mol. The van der Waals surface area contributed by atoms with Crippen LogP contribution in [0.1, 0.15) is 156 Å². The van der Waals surface area contributed by atoms with Gasteiger partial charge >= 0.3 is 0 Å². The normalized spacial score (nSPS) is 12.0. The maximum absolute atomic E-state index is 3.82. The van der Waals surface area contributed by atoms with Crippen LogP contribution in [-0.2, 0) is 0 Å². The highest BCUT2D eigenvalue weighted by molar-refractivity contribution is 4.86. The van der Waals surface area contributed by atoms with Gasteiger partial charge in [0.2, 0.25) is 0 Å². The molecule has 0 atom stereocenters. The predicted octanol–water partition coefficient (Wildman–Crippen LogP) is 9.20. The standard InChI is InChI=1S/C26H55N/c1-5-8-11-14-17-20-23-26(27-4,24-21-18-15-12-9-6-2)25-22-19-16-13-10-7-3/h27H,5-25H2,1-4H3. The van der Waals surface area contributed by atoms with Gasteiger partial charge in [-0.2, -0.15) is 0 Å². The SMILES string of the molecule is CCCCCCCCC(CCCCCCCC)(CCCCCCCC)NC. The van der Waals surface area contributed by atoms with Crippen LogP contribution in [0.3, 0.4) is 0 Å². The maximum atomic E-state index is 3.82. The second kappa shape index (κ2) is 20.7. The summed E-state index contributed by atoms with van der Waals surface area (Å²) in [5.74, 6) is 0. The van der Waals surface area contributed by atoms with E-state index >= 15 is 0 Å². The van der Waals surface area contributed by atoms with Crippen molar-refractivity contribution in [1.29, 1.82) is 0 Å². The lowest BCUT2D eigenvalue weighted by atomic mass is 9.81. The summed E-state index contributed by atoms with van der Waals surface area (Å²) in [6.45, 7) is 6.94. The smallest absolute Gasteiger partial charge is 0.0178 e. The summed E-state index contributed by atoms with van der Waals surface area (Å²) >= 11 is 0. The summed E-state index contributed by atoms with van der Waals surface area (Å²) in [6.07, 6.45) is 29.8. The molecule has 1 N–H and O–H groups in total. The van der Waals surface area contributed by atoms with Crippen molar-refractivity contribution in [2.75, 3.05) is 7.05 Å². The van der Waals surface area contributed by atoms with E-state index in [0.29, 0.717) is 5.54 Å². The molecule has 0 heterocycles. The van der Waals surface area contributed by atoms with Gasteiger partial charge < -0.3 is 5.32 Å². The largest absolute Gasteiger partial charge is 0.314 e. The molecule has 0 aromatic heterocycles. The van der Waals surface area contributed by atoms with Crippen LogP contribution in [0.5, 0.6) is 0 Å². The second-order valence-corrected chi connectivity index (χ2v) is 9.08. The third kappa shape index (κ3) is 16.6. The Hall–Kier alpha value is -0.0400. The van der Waals surface area contributed by atoms with Gasteiger partial charge in [-0.05, 0) is 26.3 Å². The molecule has 0 aliphatic carbocycles. The minimum Gasteiger partial charge on any atom is -0.314 e. The van der Waals surface area contributed by atoms with Gasteiger partial charge in [-0.3, -0.25) is 0 Å². The van der Waals surface area contributed by atoms with Gasteiger partial charge in [0.25, 0.3) is 0 Å². The average Bonchev–Trinajstić information content (AvgIpc) is 2.69. The first-order valence-electron chi connectivity index (χ1n) is 12.9. The highest BCUT2D eigenvalue weighted by Crippen LogP contribution is 2.29. The zero-order valence-electron chi connectivity index (χ0n) is 19.8. The quantitative estimate of drug-likeness (QED) is 0.184. The van der Waals surface area contributed by atoms with Gasteiger partial charge in [0, 0.05) is 5.54 Å². The van der Waals surface area contributed by atoms with Crippen LogP contribution in [0.15, 0.2) is 0 Å². The van der Waals surface area contributed by atoms with Crippen molar-refractivity contribution in [3.63, 3.8) is 0 Å². The van der Waals surface area contributed by atoms with Gasteiger partial charge in [-0.25, -0.2) is 0 Å². The van der Waals surface area contributed by atoms with E-state index < -0.39 is 0 Å². The fourth-order valence-corrected chi connectivity index (χ4v) is 4.48. The number of hydrogen-bond acceptors (Lipinski definition) is 1. The third-order valence-corrected chi connectivity index (χ3v) is 6.56. The van der Waals surface area contributed by atoms with E-state index in [1.54, 1.807) is 0 Å². The second-order valence-electron chi connectivity index (χ2n) is 9.08. The molecule has 0 unspecified atom stereocenters. The molecule has 0 radical (unpaired) electrons. The van der Waals surface area contributed by atoms with Gasteiger partial charge in [0.15, 0.2) is 0 Å². The van der Waals surface area contributed by atoms with Crippen LogP contribution in [0.2, 0.25) is 0 Å². The minimum atomic E-state index is 0.431. The predicted molar refractivity (Wildman–Crippen MR) is 126 cm³/mol. The summed E-state index contributed by atoms with van der Waals surface area (Å²) in [4.78, 5) is 0. The Morgan fingerprint density at radius 1 is 0.407 bits per heavy atom. The highest BCUT2D eigenvalue weighted by Gasteiger charge is 2.26. The van der Waals surface area contributed by atoms with E-state index in [-0.39, 0.29) is 0 Å². The molecule has 1 heteroatoms. The lowest BCUT2D eigenvalue weighted by Crippen LogP contribution is -2.43. The van der Waals surface area contributed by atoms with E-state index in [9.17, 15) is 0 Å². The molecular weight excluding hydrogens is 326 g/mol. The average molecular weight is 382 g/mol. The van der Waals surface area contributed by atoms with Gasteiger partial charge in [-0.15, -0.1) is 0 Å². The minimum absolute atomic E-state index is 0.431. The molecule has 0 saturated carbocycles. The number of rotatable bonds is 22. The van der Waals surface area contributed by atoms with Crippen LogP contribution < -0.4 is 5.32 Å². The molecule has 0 aliphatic heterocycles. The Kier molecular flexibility index (Phi) is 20.7. The molecule has 164 valence electrons. The molecule has 1 nitrogen and oxygen atoms in total. The molecule has 0 aliphatic rings. The lowest BCUT2D eigenvalue weighted by Gasteiger charge is -2.34. The molecule has 0 amide bonds. The molecule has 27 heavy (non-hydrogen) atoms. The topological polar surface area (TPSA) is 12.0 Å². The molecule has 0 spiro atoms. The Bertz CT molecular complexity index is 233.